The van der Waals surface area contributed by atoms with Gasteiger partial charge in [-0.2, -0.15) is 4.37 Å². The molecule has 2 aliphatic heterocycles. The number of piperidine rings is 1. The lowest BCUT2D eigenvalue weighted by Crippen LogP contribution is -2.41. The SMILES string of the molecule is O=C(C1CCN(c2nc(C3CC3)ns2)CC1)N1CCCC1. The van der Waals surface area contributed by atoms with Crippen LogP contribution in [0.4, 0.5) is 5.13 Å². The van der Waals surface area contributed by atoms with E-state index in [2.05, 4.69) is 19.2 Å². The molecule has 0 aromatic carbocycles. The van der Waals surface area contributed by atoms with Crippen LogP contribution in [0.15, 0.2) is 0 Å². The van der Waals surface area contributed by atoms with Crippen molar-refractivity contribution in [3.63, 3.8) is 0 Å². The topological polar surface area (TPSA) is 49.3 Å². The van der Waals surface area contributed by atoms with Crippen LogP contribution in [0.5, 0.6) is 0 Å². The molecule has 114 valence electrons. The van der Waals surface area contributed by atoms with Crippen LogP contribution >= 0.6 is 11.5 Å². The maximum absolute atomic E-state index is 12.4. The normalized spacial score (nSPS) is 23.8. The fraction of sp³-hybridized carbons (Fsp3) is 0.800. The van der Waals surface area contributed by atoms with Gasteiger partial charge in [-0.1, -0.05) is 0 Å². The van der Waals surface area contributed by atoms with Crippen molar-refractivity contribution in [2.24, 2.45) is 5.92 Å². The van der Waals surface area contributed by atoms with Crippen LogP contribution in [0.3, 0.4) is 0 Å². The average Bonchev–Trinajstić information content (AvgIpc) is 3.05. The van der Waals surface area contributed by atoms with Gasteiger partial charge in [0, 0.05) is 49.5 Å². The number of carbonyl (C=O) groups excluding carboxylic acids is 1. The summed E-state index contributed by atoms with van der Waals surface area (Å²) in [5.74, 6) is 2.30. The quantitative estimate of drug-likeness (QED) is 0.859. The maximum Gasteiger partial charge on any atom is 0.225 e. The highest BCUT2D eigenvalue weighted by atomic mass is 32.1. The predicted molar refractivity (Wildman–Crippen MR) is 82.6 cm³/mol. The van der Waals surface area contributed by atoms with Crippen molar-refractivity contribution in [1.29, 1.82) is 0 Å². The molecular formula is C15H22N4OS. The minimum atomic E-state index is 0.232. The van der Waals surface area contributed by atoms with E-state index in [9.17, 15) is 4.79 Å². The molecule has 1 amide bonds. The van der Waals surface area contributed by atoms with Crippen molar-refractivity contribution in [2.45, 2.75) is 44.4 Å². The average molecular weight is 306 g/mol. The molecule has 0 bridgehead atoms. The zero-order chi connectivity index (χ0) is 14.2. The van der Waals surface area contributed by atoms with Crippen molar-refractivity contribution in [2.75, 3.05) is 31.1 Å². The third-order valence-corrected chi connectivity index (χ3v) is 5.70. The molecule has 3 aliphatic rings. The standard InChI is InChI=1S/C15H22N4OS/c20-14(18-7-1-2-8-18)12-5-9-19(10-6-12)15-16-13(17-21-15)11-3-4-11/h11-12H,1-10H2. The van der Waals surface area contributed by atoms with Crippen LogP contribution < -0.4 is 4.90 Å². The summed E-state index contributed by atoms with van der Waals surface area (Å²) in [6.45, 7) is 3.84. The summed E-state index contributed by atoms with van der Waals surface area (Å²) in [5.41, 5.74) is 0. The molecule has 5 nitrogen and oxygen atoms in total. The molecule has 0 unspecified atom stereocenters. The fourth-order valence-electron chi connectivity index (χ4n) is 3.38. The molecule has 1 aliphatic carbocycles. The maximum atomic E-state index is 12.4. The number of hydrogen-bond acceptors (Lipinski definition) is 5. The van der Waals surface area contributed by atoms with Gasteiger partial charge in [0.05, 0.1) is 0 Å². The molecule has 1 aromatic rings. The van der Waals surface area contributed by atoms with E-state index >= 15 is 0 Å². The van der Waals surface area contributed by atoms with Crippen molar-refractivity contribution in [3.05, 3.63) is 5.82 Å². The van der Waals surface area contributed by atoms with E-state index in [1.165, 1.54) is 37.2 Å². The summed E-state index contributed by atoms with van der Waals surface area (Å²) in [7, 11) is 0. The van der Waals surface area contributed by atoms with E-state index in [4.69, 9.17) is 0 Å². The molecule has 0 atom stereocenters. The highest BCUT2D eigenvalue weighted by Crippen LogP contribution is 2.40. The summed E-state index contributed by atoms with van der Waals surface area (Å²) in [5, 5.41) is 1.06. The largest absolute Gasteiger partial charge is 0.347 e. The lowest BCUT2D eigenvalue weighted by atomic mass is 9.95. The summed E-state index contributed by atoms with van der Waals surface area (Å²) in [6, 6.07) is 0. The van der Waals surface area contributed by atoms with Gasteiger partial charge in [0.2, 0.25) is 11.0 Å². The molecule has 0 spiro atoms. The van der Waals surface area contributed by atoms with E-state index < -0.39 is 0 Å². The van der Waals surface area contributed by atoms with Crippen LogP contribution in [-0.4, -0.2) is 46.3 Å². The molecular weight excluding hydrogens is 284 g/mol. The Labute approximate surface area is 129 Å². The van der Waals surface area contributed by atoms with Gasteiger partial charge in [-0.15, -0.1) is 0 Å². The molecule has 21 heavy (non-hydrogen) atoms. The van der Waals surface area contributed by atoms with Gasteiger partial charge in [-0.25, -0.2) is 4.98 Å². The lowest BCUT2D eigenvalue weighted by Gasteiger charge is -2.32. The van der Waals surface area contributed by atoms with Crippen molar-refractivity contribution in [1.82, 2.24) is 14.3 Å². The zero-order valence-corrected chi connectivity index (χ0v) is 13.1. The van der Waals surface area contributed by atoms with Crippen molar-refractivity contribution >= 4 is 22.6 Å². The Morgan fingerprint density at radius 3 is 2.43 bits per heavy atom. The highest BCUT2D eigenvalue weighted by molar-refractivity contribution is 7.09. The third-order valence-electron chi connectivity index (χ3n) is 4.91. The number of hydrogen-bond donors (Lipinski definition) is 0. The molecule has 6 heteroatoms. The molecule has 0 radical (unpaired) electrons. The van der Waals surface area contributed by atoms with Crippen LogP contribution in [0.25, 0.3) is 0 Å². The zero-order valence-electron chi connectivity index (χ0n) is 12.3. The highest BCUT2D eigenvalue weighted by Gasteiger charge is 2.32. The first-order valence-corrected chi connectivity index (χ1v) is 8.96. The first-order valence-electron chi connectivity index (χ1n) is 8.18. The predicted octanol–water partition coefficient (Wildman–Crippen LogP) is 2.25. The summed E-state index contributed by atoms with van der Waals surface area (Å²) < 4.78 is 4.48. The van der Waals surface area contributed by atoms with Crippen molar-refractivity contribution in [3.8, 4) is 0 Å². The number of amides is 1. The van der Waals surface area contributed by atoms with Crippen LogP contribution in [0, 0.1) is 5.92 Å². The fourth-order valence-corrected chi connectivity index (χ4v) is 4.17. The molecule has 2 saturated heterocycles. The van der Waals surface area contributed by atoms with Crippen LogP contribution in [0.1, 0.15) is 50.3 Å². The van der Waals surface area contributed by atoms with Gasteiger partial charge in [0.15, 0.2) is 0 Å². The number of aromatic nitrogens is 2. The Kier molecular flexibility index (Phi) is 3.57. The number of anilines is 1. The second-order valence-corrected chi connectivity index (χ2v) is 7.23. The monoisotopic (exact) mass is 306 g/mol. The Bertz CT molecular complexity index is 513. The summed E-state index contributed by atoms with van der Waals surface area (Å²) >= 11 is 1.53. The Balaban J connectivity index is 1.34. The molecule has 1 saturated carbocycles. The molecule has 3 heterocycles. The van der Waals surface area contributed by atoms with E-state index in [0.29, 0.717) is 11.8 Å². The Morgan fingerprint density at radius 2 is 1.76 bits per heavy atom. The van der Waals surface area contributed by atoms with Crippen LogP contribution in [-0.2, 0) is 4.79 Å². The summed E-state index contributed by atoms with van der Waals surface area (Å²) in [4.78, 5) is 21.5. The summed E-state index contributed by atoms with van der Waals surface area (Å²) in [6.07, 6.45) is 6.80. The van der Waals surface area contributed by atoms with Gasteiger partial charge in [0.25, 0.3) is 0 Å². The first kappa shape index (κ1) is 13.5. The smallest absolute Gasteiger partial charge is 0.225 e. The second kappa shape index (κ2) is 5.55. The molecule has 1 aromatic heterocycles. The van der Waals surface area contributed by atoms with Gasteiger partial charge >= 0.3 is 0 Å². The second-order valence-electron chi connectivity index (χ2n) is 6.50. The number of rotatable bonds is 3. The Hall–Kier alpha value is -1.17. The minimum absolute atomic E-state index is 0.232. The van der Waals surface area contributed by atoms with E-state index in [1.807, 2.05) is 0 Å². The Morgan fingerprint density at radius 1 is 1.05 bits per heavy atom. The van der Waals surface area contributed by atoms with Gasteiger partial charge < -0.3 is 9.80 Å². The van der Waals surface area contributed by atoms with Gasteiger partial charge in [0.1, 0.15) is 5.82 Å². The molecule has 4 rings (SSSR count). The van der Waals surface area contributed by atoms with E-state index in [-0.39, 0.29) is 5.92 Å². The number of carbonyl (C=O) groups is 1. The third kappa shape index (κ3) is 2.78. The van der Waals surface area contributed by atoms with Gasteiger partial charge in [-0.05, 0) is 38.5 Å². The van der Waals surface area contributed by atoms with Gasteiger partial charge in [-0.3, -0.25) is 4.79 Å². The molecule has 0 N–H and O–H groups in total. The molecule has 3 fully saturated rings. The first-order chi connectivity index (χ1) is 10.3. The lowest BCUT2D eigenvalue weighted by molar-refractivity contribution is -0.135. The number of likely N-dealkylation sites (tertiary alicyclic amines) is 1. The van der Waals surface area contributed by atoms with Crippen molar-refractivity contribution < 1.29 is 4.79 Å². The van der Waals surface area contributed by atoms with E-state index in [1.54, 1.807) is 0 Å². The number of nitrogens with zero attached hydrogens (tertiary/aromatic N) is 4. The van der Waals surface area contributed by atoms with Crippen LogP contribution in [0.2, 0.25) is 0 Å². The van der Waals surface area contributed by atoms with E-state index in [0.717, 1.165) is 50.0 Å². The minimum Gasteiger partial charge on any atom is -0.347 e.